The Bertz CT molecular complexity index is 200. The molecule has 88 valence electrons. The maximum atomic E-state index is 9.90. The minimum absolute atomic E-state index is 0. The predicted molar refractivity (Wildman–Crippen MR) is 49.0 cm³/mol. The fourth-order valence-electron chi connectivity index (χ4n) is 0.552. The van der Waals surface area contributed by atoms with Gasteiger partial charge in [-0.25, -0.2) is 0 Å². The average molecular weight is 242 g/mol. The molecule has 7 heteroatoms. The van der Waals surface area contributed by atoms with Crippen LogP contribution in [0.4, 0.5) is 0 Å². The van der Waals surface area contributed by atoms with Crippen molar-refractivity contribution in [2.45, 2.75) is 39.0 Å². The van der Waals surface area contributed by atoms with Crippen molar-refractivity contribution in [3.8, 4) is 0 Å². The molecule has 0 saturated carbocycles. The van der Waals surface area contributed by atoms with Gasteiger partial charge in [-0.1, -0.05) is 6.92 Å². The molecule has 0 rings (SSSR count). The standard InChI is InChI=1S/C6H10O4.C3H6O2.Na/c7-5(8)3-1-2-4-6(9)10;1-2-3(4)5;/h1-4H2,(H,7,8)(H,9,10);2H2,1H3,(H,4,5);/q;;+1/p-1. The molecule has 0 heterocycles. The first-order valence-electron chi connectivity index (χ1n) is 4.53. The second kappa shape index (κ2) is 14.4. The van der Waals surface area contributed by atoms with Crippen LogP contribution in [0.3, 0.4) is 0 Å². The van der Waals surface area contributed by atoms with E-state index in [0.717, 1.165) is 0 Å². The van der Waals surface area contributed by atoms with Crippen LogP contribution in [-0.4, -0.2) is 28.1 Å². The Hall–Kier alpha value is -0.590. The van der Waals surface area contributed by atoms with Gasteiger partial charge in [0.2, 0.25) is 0 Å². The summed E-state index contributed by atoms with van der Waals surface area (Å²) in [5.41, 5.74) is 0. The number of rotatable bonds is 6. The number of hydrogen-bond acceptors (Lipinski definition) is 4. The summed E-state index contributed by atoms with van der Waals surface area (Å²) < 4.78 is 0. The van der Waals surface area contributed by atoms with Gasteiger partial charge < -0.3 is 20.1 Å². The Morgan fingerprint density at radius 2 is 1.25 bits per heavy atom. The fourth-order valence-corrected chi connectivity index (χ4v) is 0.552. The van der Waals surface area contributed by atoms with Crippen LogP contribution in [0.5, 0.6) is 0 Å². The zero-order chi connectivity index (χ0) is 12.3. The molecule has 0 aromatic carbocycles. The molecule has 0 unspecified atom stereocenters. The predicted octanol–water partition coefficient (Wildman–Crippen LogP) is -3.13. The molecule has 0 aromatic heterocycles. The normalized spacial score (nSPS) is 8.06. The van der Waals surface area contributed by atoms with E-state index in [1.807, 2.05) is 0 Å². The third-order valence-electron chi connectivity index (χ3n) is 1.32. The topological polar surface area (TPSA) is 115 Å². The van der Waals surface area contributed by atoms with Crippen molar-refractivity contribution in [3.05, 3.63) is 0 Å². The van der Waals surface area contributed by atoms with Gasteiger partial charge >= 0.3 is 41.5 Å². The van der Waals surface area contributed by atoms with Crippen LogP contribution < -0.4 is 34.7 Å². The number of aliphatic carboxylic acids is 3. The summed E-state index contributed by atoms with van der Waals surface area (Å²) in [4.78, 5) is 29.1. The van der Waals surface area contributed by atoms with Crippen LogP contribution in [0.15, 0.2) is 0 Å². The second-order valence-electron chi connectivity index (χ2n) is 2.72. The fraction of sp³-hybridized carbons (Fsp3) is 0.667. The van der Waals surface area contributed by atoms with Crippen molar-refractivity contribution < 1.29 is 59.3 Å². The zero-order valence-corrected chi connectivity index (χ0v) is 11.6. The van der Waals surface area contributed by atoms with Crippen LogP contribution in [-0.2, 0) is 14.4 Å². The summed E-state index contributed by atoms with van der Waals surface area (Å²) in [5, 5.41) is 25.5. The number of hydrogen-bond donors (Lipinski definition) is 2. The Kier molecular flexibility index (Phi) is 18.7. The summed E-state index contributed by atoms with van der Waals surface area (Å²) in [6.07, 6.45) is 1.13. The summed E-state index contributed by atoms with van der Waals surface area (Å²) in [6.45, 7) is 1.54. The summed E-state index contributed by atoms with van der Waals surface area (Å²) >= 11 is 0. The summed E-state index contributed by atoms with van der Waals surface area (Å²) in [6, 6.07) is 0. The van der Waals surface area contributed by atoms with Gasteiger partial charge in [-0.05, 0) is 19.3 Å². The number of carbonyl (C=O) groups excluding carboxylic acids is 1. The van der Waals surface area contributed by atoms with Gasteiger partial charge in [0.15, 0.2) is 0 Å². The van der Waals surface area contributed by atoms with Gasteiger partial charge in [-0.15, -0.1) is 0 Å². The minimum Gasteiger partial charge on any atom is -0.550 e. The number of unbranched alkanes of at least 4 members (excludes halogenated alkanes) is 1. The van der Waals surface area contributed by atoms with E-state index in [4.69, 9.17) is 10.2 Å². The quantitative estimate of drug-likeness (QED) is 0.376. The van der Waals surface area contributed by atoms with Crippen LogP contribution in [0.2, 0.25) is 0 Å². The van der Waals surface area contributed by atoms with Gasteiger partial charge in [0.1, 0.15) is 0 Å². The number of carboxylic acids is 3. The average Bonchev–Trinajstić information content (AvgIpc) is 2.13. The Labute approximate surface area is 116 Å². The van der Waals surface area contributed by atoms with Crippen molar-refractivity contribution in [1.29, 1.82) is 0 Å². The Balaban J connectivity index is -0.000000242. The molecule has 0 amide bonds. The van der Waals surface area contributed by atoms with E-state index in [1.54, 1.807) is 0 Å². The SMILES string of the molecule is CCC(=O)[O-].O=C(O)CCCCC(=O)O.[Na+]. The smallest absolute Gasteiger partial charge is 0.550 e. The molecule has 16 heavy (non-hydrogen) atoms. The largest absolute Gasteiger partial charge is 1.00 e. The third-order valence-corrected chi connectivity index (χ3v) is 1.32. The van der Waals surface area contributed by atoms with E-state index in [-0.39, 0.29) is 48.8 Å². The minimum atomic E-state index is -0.995. The zero-order valence-electron chi connectivity index (χ0n) is 9.56. The molecule has 0 saturated heterocycles. The van der Waals surface area contributed by atoms with Gasteiger partial charge in [0.05, 0.1) is 0 Å². The van der Waals surface area contributed by atoms with Crippen LogP contribution in [0, 0.1) is 0 Å². The van der Waals surface area contributed by atoms with Crippen LogP contribution in [0.25, 0.3) is 0 Å². The molecule has 6 nitrogen and oxygen atoms in total. The van der Waals surface area contributed by atoms with Gasteiger partial charge in [-0.2, -0.15) is 0 Å². The molecule has 0 atom stereocenters. The maximum Gasteiger partial charge on any atom is 1.00 e. The molecule has 0 bridgehead atoms. The van der Waals surface area contributed by atoms with Crippen molar-refractivity contribution in [2.24, 2.45) is 0 Å². The van der Waals surface area contributed by atoms with E-state index in [0.29, 0.717) is 12.8 Å². The molecule has 0 aromatic rings. The van der Waals surface area contributed by atoms with Crippen molar-refractivity contribution in [3.63, 3.8) is 0 Å². The Morgan fingerprint density at radius 3 is 1.38 bits per heavy atom. The van der Waals surface area contributed by atoms with Crippen LogP contribution in [0.1, 0.15) is 39.0 Å². The first-order valence-corrected chi connectivity index (χ1v) is 4.53. The van der Waals surface area contributed by atoms with Crippen LogP contribution >= 0.6 is 0 Å². The summed E-state index contributed by atoms with van der Waals surface area (Å²) in [5.74, 6) is -2.74. The number of carboxylic acid groups (broad SMARTS) is 3. The van der Waals surface area contributed by atoms with Crippen molar-refractivity contribution >= 4 is 17.9 Å². The van der Waals surface area contributed by atoms with Gasteiger partial charge in [0.25, 0.3) is 0 Å². The van der Waals surface area contributed by atoms with Gasteiger partial charge in [-0.3, -0.25) is 9.59 Å². The molecule has 2 N–H and O–H groups in total. The van der Waals surface area contributed by atoms with E-state index >= 15 is 0 Å². The third kappa shape index (κ3) is 29.2. The van der Waals surface area contributed by atoms with E-state index in [2.05, 4.69) is 0 Å². The maximum absolute atomic E-state index is 9.90. The number of carbonyl (C=O) groups is 3. The second-order valence-corrected chi connectivity index (χ2v) is 2.72. The molecular weight excluding hydrogens is 227 g/mol. The van der Waals surface area contributed by atoms with E-state index in [9.17, 15) is 19.5 Å². The molecule has 0 fully saturated rings. The monoisotopic (exact) mass is 242 g/mol. The molecule has 0 aliphatic carbocycles. The first kappa shape index (κ1) is 20.8. The Morgan fingerprint density at radius 1 is 1.00 bits per heavy atom. The first-order chi connectivity index (χ1) is 6.90. The van der Waals surface area contributed by atoms with Gasteiger partial charge in [0, 0.05) is 18.8 Å². The summed E-state index contributed by atoms with van der Waals surface area (Å²) in [7, 11) is 0. The molecule has 0 radical (unpaired) electrons. The van der Waals surface area contributed by atoms with Crippen molar-refractivity contribution in [1.82, 2.24) is 0 Å². The molecular formula is C9H15NaO6. The van der Waals surface area contributed by atoms with Crippen molar-refractivity contribution in [2.75, 3.05) is 0 Å². The molecule has 0 spiro atoms. The molecule has 0 aliphatic heterocycles. The van der Waals surface area contributed by atoms with E-state index in [1.165, 1.54) is 6.92 Å². The molecule has 0 aliphatic rings. The van der Waals surface area contributed by atoms with E-state index < -0.39 is 17.9 Å².